The Morgan fingerprint density at radius 2 is 1.91 bits per heavy atom. The zero-order chi connectivity index (χ0) is 15.1. The van der Waals surface area contributed by atoms with Crippen LogP contribution >= 0.6 is 0 Å². The highest BCUT2D eigenvalue weighted by Crippen LogP contribution is 2.37. The molecule has 1 heterocycles. The molecule has 3 unspecified atom stereocenters. The lowest BCUT2D eigenvalue weighted by atomic mass is 9.98. The number of benzene rings is 2. The Morgan fingerprint density at radius 3 is 2.77 bits per heavy atom. The van der Waals surface area contributed by atoms with Gasteiger partial charge in [0.2, 0.25) is 0 Å². The van der Waals surface area contributed by atoms with Crippen molar-refractivity contribution in [2.24, 2.45) is 17.6 Å². The molecule has 1 aliphatic heterocycles. The number of hydrogen-bond donors (Lipinski definition) is 2. The molecule has 4 rings (SSSR count). The summed E-state index contributed by atoms with van der Waals surface area (Å²) < 4.78 is 0. The highest BCUT2D eigenvalue weighted by atomic mass is 16.2. The molecule has 1 saturated carbocycles. The number of urea groups is 1. The molecule has 22 heavy (non-hydrogen) atoms. The summed E-state index contributed by atoms with van der Waals surface area (Å²) in [4.78, 5) is 14.5. The highest BCUT2D eigenvalue weighted by Gasteiger charge is 2.42. The van der Waals surface area contributed by atoms with Crippen molar-refractivity contribution >= 4 is 22.5 Å². The SMILES string of the molecule is NC1CCC2CN(C(=O)Nc3cccc4ccccc34)CC12. The Morgan fingerprint density at radius 1 is 1.09 bits per heavy atom. The average molecular weight is 295 g/mol. The van der Waals surface area contributed by atoms with Crippen molar-refractivity contribution in [3.05, 3.63) is 42.5 Å². The number of amides is 2. The largest absolute Gasteiger partial charge is 0.327 e. The second-order valence-corrected chi connectivity index (χ2v) is 6.53. The normalized spacial score (nSPS) is 27.1. The Labute approximate surface area is 130 Å². The van der Waals surface area contributed by atoms with E-state index in [2.05, 4.69) is 17.4 Å². The van der Waals surface area contributed by atoms with E-state index in [1.165, 1.54) is 0 Å². The molecule has 2 aliphatic rings. The van der Waals surface area contributed by atoms with Crippen LogP contribution in [0.4, 0.5) is 10.5 Å². The lowest BCUT2D eigenvalue weighted by molar-refractivity contribution is 0.218. The van der Waals surface area contributed by atoms with Gasteiger partial charge in [-0.15, -0.1) is 0 Å². The summed E-state index contributed by atoms with van der Waals surface area (Å²) in [7, 11) is 0. The molecule has 3 N–H and O–H groups in total. The third-order valence-corrected chi connectivity index (χ3v) is 5.23. The van der Waals surface area contributed by atoms with Gasteiger partial charge >= 0.3 is 6.03 Å². The number of rotatable bonds is 1. The summed E-state index contributed by atoms with van der Waals surface area (Å²) in [6.45, 7) is 1.64. The second kappa shape index (κ2) is 5.29. The molecule has 2 amide bonds. The van der Waals surface area contributed by atoms with Crippen molar-refractivity contribution in [3.8, 4) is 0 Å². The van der Waals surface area contributed by atoms with Gasteiger partial charge in [-0.25, -0.2) is 4.79 Å². The van der Waals surface area contributed by atoms with E-state index in [9.17, 15) is 4.79 Å². The molecule has 114 valence electrons. The van der Waals surface area contributed by atoms with Crippen LogP contribution in [0, 0.1) is 11.8 Å². The lowest BCUT2D eigenvalue weighted by Gasteiger charge is -2.20. The van der Waals surface area contributed by atoms with E-state index in [1.807, 2.05) is 35.2 Å². The maximum Gasteiger partial charge on any atom is 0.321 e. The molecule has 2 aromatic rings. The molecule has 1 saturated heterocycles. The summed E-state index contributed by atoms with van der Waals surface area (Å²) in [6.07, 6.45) is 2.26. The summed E-state index contributed by atoms with van der Waals surface area (Å²) >= 11 is 0. The monoisotopic (exact) mass is 295 g/mol. The van der Waals surface area contributed by atoms with E-state index in [1.54, 1.807) is 0 Å². The van der Waals surface area contributed by atoms with Gasteiger partial charge in [0.1, 0.15) is 0 Å². The van der Waals surface area contributed by atoms with Gasteiger partial charge in [-0.1, -0.05) is 36.4 Å². The third-order valence-electron chi connectivity index (χ3n) is 5.23. The van der Waals surface area contributed by atoms with Crippen LogP contribution < -0.4 is 11.1 Å². The minimum absolute atomic E-state index is 0.00190. The van der Waals surface area contributed by atoms with Crippen molar-refractivity contribution in [1.29, 1.82) is 0 Å². The maximum absolute atomic E-state index is 12.6. The summed E-state index contributed by atoms with van der Waals surface area (Å²) in [6, 6.07) is 14.4. The summed E-state index contributed by atoms with van der Waals surface area (Å²) in [5.41, 5.74) is 7.03. The maximum atomic E-state index is 12.6. The number of carbonyl (C=O) groups is 1. The van der Waals surface area contributed by atoms with Crippen molar-refractivity contribution < 1.29 is 4.79 Å². The Kier molecular flexibility index (Phi) is 3.26. The van der Waals surface area contributed by atoms with Crippen LogP contribution in [0.15, 0.2) is 42.5 Å². The fourth-order valence-electron chi connectivity index (χ4n) is 4.00. The topological polar surface area (TPSA) is 58.4 Å². The van der Waals surface area contributed by atoms with Gasteiger partial charge < -0.3 is 16.0 Å². The number of nitrogens with zero attached hydrogens (tertiary/aromatic N) is 1. The minimum Gasteiger partial charge on any atom is -0.327 e. The zero-order valence-electron chi connectivity index (χ0n) is 12.5. The molecule has 2 aromatic carbocycles. The number of anilines is 1. The molecule has 2 fully saturated rings. The minimum atomic E-state index is -0.00190. The standard InChI is InChI=1S/C18H21N3O/c19-16-9-8-13-10-21(11-15(13)16)18(22)20-17-7-3-5-12-4-1-2-6-14(12)17/h1-7,13,15-16H,8-11,19H2,(H,20,22). The summed E-state index contributed by atoms with van der Waals surface area (Å²) in [5.74, 6) is 1.08. The van der Waals surface area contributed by atoms with Crippen LogP contribution in [-0.4, -0.2) is 30.1 Å². The molecule has 1 aliphatic carbocycles. The number of nitrogens with two attached hydrogens (primary N) is 1. The van der Waals surface area contributed by atoms with Crippen molar-refractivity contribution in [2.45, 2.75) is 18.9 Å². The van der Waals surface area contributed by atoms with Crippen LogP contribution in [-0.2, 0) is 0 Å². The molecule has 0 radical (unpaired) electrons. The Balaban J connectivity index is 1.52. The Bertz CT molecular complexity index is 709. The van der Waals surface area contributed by atoms with E-state index in [-0.39, 0.29) is 12.1 Å². The van der Waals surface area contributed by atoms with E-state index in [0.29, 0.717) is 11.8 Å². The number of likely N-dealkylation sites (tertiary alicyclic amines) is 1. The molecular weight excluding hydrogens is 274 g/mol. The van der Waals surface area contributed by atoms with Gasteiger partial charge in [0, 0.05) is 24.5 Å². The van der Waals surface area contributed by atoms with Crippen molar-refractivity contribution in [2.75, 3.05) is 18.4 Å². The van der Waals surface area contributed by atoms with Gasteiger partial charge in [-0.3, -0.25) is 0 Å². The average Bonchev–Trinajstić information content (AvgIpc) is 3.10. The highest BCUT2D eigenvalue weighted by molar-refractivity contribution is 6.01. The van der Waals surface area contributed by atoms with E-state index in [4.69, 9.17) is 5.73 Å². The fourth-order valence-corrected chi connectivity index (χ4v) is 4.00. The summed E-state index contributed by atoms with van der Waals surface area (Å²) in [5, 5.41) is 5.29. The molecule has 4 heteroatoms. The van der Waals surface area contributed by atoms with E-state index >= 15 is 0 Å². The predicted octanol–water partition coefficient (Wildman–Crippen LogP) is 3.04. The van der Waals surface area contributed by atoms with Gasteiger partial charge in [0.05, 0.1) is 5.69 Å². The molecule has 3 atom stereocenters. The lowest BCUT2D eigenvalue weighted by Crippen LogP contribution is -2.36. The van der Waals surface area contributed by atoms with Crippen LogP contribution in [0.2, 0.25) is 0 Å². The molecule has 4 nitrogen and oxygen atoms in total. The van der Waals surface area contributed by atoms with Crippen molar-refractivity contribution in [3.63, 3.8) is 0 Å². The predicted molar refractivity (Wildman–Crippen MR) is 88.7 cm³/mol. The number of carbonyl (C=O) groups excluding carboxylic acids is 1. The Hall–Kier alpha value is -2.07. The second-order valence-electron chi connectivity index (χ2n) is 6.53. The first kappa shape index (κ1) is 13.6. The van der Waals surface area contributed by atoms with Gasteiger partial charge in [0.25, 0.3) is 0 Å². The molecule has 0 bridgehead atoms. The first-order chi connectivity index (χ1) is 10.7. The van der Waals surface area contributed by atoms with Gasteiger partial charge in [-0.05, 0) is 36.1 Å². The quantitative estimate of drug-likeness (QED) is 0.849. The van der Waals surface area contributed by atoms with E-state index < -0.39 is 0 Å². The van der Waals surface area contributed by atoms with Crippen LogP contribution in [0.3, 0.4) is 0 Å². The third kappa shape index (κ3) is 2.24. The van der Waals surface area contributed by atoms with E-state index in [0.717, 1.165) is 42.4 Å². The molecular formula is C18H21N3O. The van der Waals surface area contributed by atoms with Gasteiger partial charge in [0.15, 0.2) is 0 Å². The smallest absolute Gasteiger partial charge is 0.321 e. The number of hydrogen-bond acceptors (Lipinski definition) is 2. The van der Waals surface area contributed by atoms with Gasteiger partial charge in [-0.2, -0.15) is 0 Å². The number of nitrogens with one attached hydrogen (secondary N) is 1. The fraction of sp³-hybridized carbons (Fsp3) is 0.389. The van der Waals surface area contributed by atoms with Crippen LogP contribution in [0.25, 0.3) is 10.8 Å². The first-order valence-electron chi connectivity index (χ1n) is 8.01. The first-order valence-corrected chi connectivity index (χ1v) is 8.01. The number of fused-ring (bicyclic) bond motifs is 2. The van der Waals surface area contributed by atoms with Crippen molar-refractivity contribution in [1.82, 2.24) is 4.90 Å². The van der Waals surface area contributed by atoms with Crippen LogP contribution in [0.5, 0.6) is 0 Å². The zero-order valence-corrected chi connectivity index (χ0v) is 12.5. The molecule has 0 spiro atoms. The molecule has 0 aromatic heterocycles. The van der Waals surface area contributed by atoms with Crippen LogP contribution in [0.1, 0.15) is 12.8 Å².